The van der Waals surface area contributed by atoms with Gasteiger partial charge in [0.15, 0.2) is 0 Å². The van der Waals surface area contributed by atoms with Crippen LogP contribution in [0.3, 0.4) is 0 Å². The van der Waals surface area contributed by atoms with Crippen molar-refractivity contribution in [3.8, 4) is 5.75 Å². The van der Waals surface area contributed by atoms with Crippen molar-refractivity contribution in [3.05, 3.63) is 23.8 Å². The molecule has 3 nitrogen and oxygen atoms in total. The van der Waals surface area contributed by atoms with E-state index >= 15 is 0 Å². The number of rotatable bonds is 7. The van der Waals surface area contributed by atoms with Gasteiger partial charge in [0.05, 0.1) is 18.9 Å². The second-order valence-corrected chi connectivity index (χ2v) is 4.37. The normalized spacial score (nSPS) is 12.2. The first kappa shape index (κ1) is 13.8. The van der Waals surface area contributed by atoms with Crippen molar-refractivity contribution in [1.82, 2.24) is 0 Å². The molecule has 1 N–H and O–H groups in total. The fourth-order valence-electron chi connectivity index (χ4n) is 1.68. The number of benzene rings is 1. The zero-order chi connectivity index (χ0) is 12.7. The van der Waals surface area contributed by atoms with Crippen molar-refractivity contribution in [2.45, 2.75) is 20.8 Å². The lowest BCUT2D eigenvalue weighted by Gasteiger charge is -2.16. The number of methoxy groups -OCH3 is 1. The lowest BCUT2D eigenvalue weighted by atomic mass is 10.1. The first-order valence-electron chi connectivity index (χ1n) is 6.13. The summed E-state index contributed by atoms with van der Waals surface area (Å²) in [6, 6.07) is 6.22. The van der Waals surface area contributed by atoms with Gasteiger partial charge in [0, 0.05) is 13.7 Å². The van der Waals surface area contributed by atoms with E-state index in [-0.39, 0.29) is 0 Å². The van der Waals surface area contributed by atoms with Gasteiger partial charge in [0.25, 0.3) is 0 Å². The Morgan fingerprint density at radius 3 is 2.76 bits per heavy atom. The maximum Gasteiger partial charge on any atom is 0.142 e. The van der Waals surface area contributed by atoms with E-state index in [0.29, 0.717) is 12.5 Å². The summed E-state index contributed by atoms with van der Waals surface area (Å²) >= 11 is 0. The van der Waals surface area contributed by atoms with Gasteiger partial charge in [-0.25, -0.2) is 0 Å². The monoisotopic (exact) mass is 237 g/mol. The van der Waals surface area contributed by atoms with Crippen LogP contribution in [0.15, 0.2) is 18.2 Å². The molecule has 1 aromatic rings. The van der Waals surface area contributed by atoms with Crippen molar-refractivity contribution in [2.75, 3.05) is 32.2 Å². The summed E-state index contributed by atoms with van der Waals surface area (Å²) in [5.41, 5.74) is 2.27. The lowest BCUT2D eigenvalue weighted by molar-refractivity contribution is 0.164. The Hall–Kier alpha value is -1.22. The molecule has 1 atom stereocenters. The molecule has 1 rings (SSSR count). The highest BCUT2D eigenvalue weighted by molar-refractivity contribution is 5.57. The lowest BCUT2D eigenvalue weighted by Crippen LogP contribution is -2.16. The molecular weight excluding hydrogens is 214 g/mol. The van der Waals surface area contributed by atoms with Crippen LogP contribution in [0.25, 0.3) is 0 Å². The molecule has 0 fully saturated rings. The second-order valence-electron chi connectivity index (χ2n) is 4.37. The molecule has 17 heavy (non-hydrogen) atoms. The van der Waals surface area contributed by atoms with Gasteiger partial charge in [-0.3, -0.25) is 0 Å². The molecule has 0 aliphatic heterocycles. The predicted molar refractivity (Wildman–Crippen MR) is 71.9 cm³/mol. The van der Waals surface area contributed by atoms with E-state index in [2.05, 4.69) is 37.4 Å². The van der Waals surface area contributed by atoms with Crippen LogP contribution in [0, 0.1) is 12.8 Å². The Bertz CT molecular complexity index is 339. The van der Waals surface area contributed by atoms with Gasteiger partial charge >= 0.3 is 0 Å². The van der Waals surface area contributed by atoms with Gasteiger partial charge in [0.1, 0.15) is 5.75 Å². The molecule has 1 aromatic carbocycles. The summed E-state index contributed by atoms with van der Waals surface area (Å²) in [7, 11) is 1.73. The van der Waals surface area contributed by atoms with E-state index < -0.39 is 0 Å². The third-order valence-electron chi connectivity index (χ3n) is 2.53. The summed E-state index contributed by atoms with van der Waals surface area (Å²) in [6.07, 6.45) is 0. The second kappa shape index (κ2) is 7.17. The van der Waals surface area contributed by atoms with Crippen LogP contribution in [0.5, 0.6) is 5.75 Å². The van der Waals surface area contributed by atoms with Crippen molar-refractivity contribution >= 4 is 5.69 Å². The fourth-order valence-corrected chi connectivity index (χ4v) is 1.68. The number of nitrogens with one attached hydrogen (secondary N) is 1. The van der Waals surface area contributed by atoms with Crippen LogP contribution in [-0.2, 0) is 4.74 Å². The largest absolute Gasteiger partial charge is 0.492 e. The molecule has 3 heteroatoms. The average molecular weight is 237 g/mol. The Morgan fingerprint density at radius 2 is 2.12 bits per heavy atom. The Labute approximate surface area is 104 Å². The first-order chi connectivity index (χ1) is 8.17. The number of aryl methyl sites for hydroxylation is 1. The molecule has 0 saturated carbocycles. The highest BCUT2D eigenvalue weighted by atomic mass is 16.5. The van der Waals surface area contributed by atoms with Gasteiger partial charge < -0.3 is 14.8 Å². The van der Waals surface area contributed by atoms with E-state index in [9.17, 15) is 0 Å². The fraction of sp³-hybridized carbons (Fsp3) is 0.571. The van der Waals surface area contributed by atoms with E-state index in [1.54, 1.807) is 7.11 Å². The molecule has 1 unspecified atom stereocenters. The van der Waals surface area contributed by atoms with Crippen LogP contribution in [-0.4, -0.2) is 26.9 Å². The topological polar surface area (TPSA) is 30.5 Å². The minimum atomic E-state index is 0.482. The van der Waals surface area contributed by atoms with Gasteiger partial charge in [-0.15, -0.1) is 0 Å². The molecule has 96 valence electrons. The Kier molecular flexibility index (Phi) is 5.84. The maximum absolute atomic E-state index is 5.62. The molecule has 0 aliphatic carbocycles. The number of ether oxygens (including phenoxy) is 2. The number of hydrogen-bond donors (Lipinski definition) is 1. The van der Waals surface area contributed by atoms with Crippen molar-refractivity contribution in [3.63, 3.8) is 0 Å². The first-order valence-corrected chi connectivity index (χ1v) is 6.13. The summed E-state index contributed by atoms with van der Waals surface area (Å²) in [5, 5.41) is 3.40. The van der Waals surface area contributed by atoms with Gasteiger partial charge in [0.2, 0.25) is 0 Å². The summed E-state index contributed by atoms with van der Waals surface area (Å²) in [5.74, 6) is 1.41. The minimum Gasteiger partial charge on any atom is -0.492 e. The van der Waals surface area contributed by atoms with Crippen LogP contribution in [0.4, 0.5) is 5.69 Å². The Balaban J connectivity index is 2.62. The molecule has 0 amide bonds. The van der Waals surface area contributed by atoms with Crippen molar-refractivity contribution < 1.29 is 9.47 Å². The quantitative estimate of drug-likeness (QED) is 0.790. The minimum absolute atomic E-state index is 0.482. The van der Waals surface area contributed by atoms with Crippen LogP contribution < -0.4 is 10.1 Å². The van der Waals surface area contributed by atoms with E-state index in [1.165, 1.54) is 5.56 Å². The van der Waals surface area contributed by atoms with E-state index in [0.717, 1.165) is 24.6 Å². The average Bonchev–Trinajstić information content (AvgIpc) is 2.29. The summed E-state index contributed by atoms with van der Waals surface area (Å²) in [6.45, 7) is 8.57. The standard InChI is InChI=1S/C14H23NO2/c1-5-17-14-8-11(2)6-7-13(14)15-9-12(3)10-16-4/h6-8,12,15H,5,9-10H2,1-4H3. The molecular formula is C14H23NO2. The number of anilines is 1. The zero-order valence-electron chi connectivity index (χ0n) is 11.2. The van der Waals surface area contributed by atoms with Gasteiger partial charge in [-0.05, 0) is 37.5 Å². The van der Waals surface area contributed by atoms with E-state index in [4.69, 9.17) is 9.47 Å². The van der Waals surface area contributed by atoms with Crippen LogP contribution in [0.1, 0.15) is 19.4 Å². The SMILES string of the molecule is CCOc1cc(C)ccc1NCC(C)COC. The molecule has 0 spiro atoms. The smallest absolute Gasteiger partial charge is 0.142 e. The maximum atomic E-state index is 5.62. The summed E-state index contributed by atoms with van der Waals surface area (Å²) in [4.78, 5) is 0. The van der Waals surface area contributed by atoms with Crippen molar-refractivity contribution in [2.24, 2.45) is 5.92 Å². The highest BCUT2D eigenvalue weighted by Crippen LogP contribution is 2.25. The third-order valence-corrected chi connectivity index (χ3v) is 2.53. The van der Waals surface area contributed by atoms with Gasteiger partial charge in [-0.2, -0.15) is 0 Å². The predicted octanol–water partition coefficient (Wildman–Crippen LogP) is 3.09. The molecule has 0 heterocycles. The molecule has 0 radical (unpaired) electrons. The van der Waals surface area contributed by atoms with Crippen molar-refractivity contribution in [1.29, 1.82) is 0 Å². The highest BCUT2D eigenvalue weighted by Gasteiger charge is 2.06. The zero-order valence-corrected chi connectivity index (χ0v) is 11.2. The molecule has 0 bridgehead atoms. The molecule has 0 saturated heterocycles. The number of hydrogen-bond acceptors (Lipinski definition) is 3. The third kappa shape index (κ3) is 4.65. The van der Waals surface area contributed by atoms with Crippen LogP contribution >= 0.6 is 0 Å². The molecule has 0 aliphatic rings. The molecule has 0 aromatic heterocycles. The van der Waals surface area contributed by atoms with E-state index in [1.807, 2.05) is 6.92 Å². The van der Waals surface area contributed by atoms with Gasteiger partial charge in [-0.1, -0.05) is 13.0 Å². The Morgan fingerprint density at radius 1 is 1.35 bits per heavy atom. The summed E-state index contributed by atoms with van der Waals surface area (Å²) < 4.78 is 10.7. The van der Waals surface area contributed by atoms with Crippen LogP contribution in [0.2, 0.25) is 0 Å².